The molecule has 0 radical (unpaired) electrons. The minimum atomic E-state index is 0.320. The molecule has 0 N–H and O–H groups in total. The molecular formula is C7H12O2. The molecule has 0 atom stereocenters. The molecule has 1 heterocycles. The summed E-state index contributed by atoms with van der Waals surface area (Å²) in [6.45, 7) is 3.82. The first kappa shape index (κ1) is 6.75. The van der Waals surface area contributed by atoms with E-state index in [9.17, 15) is 4.79 Å². The van der Waals surface area contributed by atoms with Gasteiger partial charge in [-0.2, -0.15) is 0 Å². The molecule has 0 aromatic heterocycles. The van der Waals surface area contributed by atoms with E-state index in [-0.39, 0.29) is 0 Å². The lowest BCUT2D eigenvalue weighted by molar-refractivity contribution is -0.117. The Labute approximate surface area is 55.2 Å². The Hall–Kier alpha value is -0.370. The van der Waals surface area contributed by atoms with Crippen LogP contribution in [0.3, 0.4) is 0 Å². The van der Waals surface area contributed by atoms with Gasteiger partial charge in [-0.25, -0.2) is 0 Å². The third kappa shape index (κ3) is 1.52. The average molecular weight is 128 g/mol. The fourth-order valence-electron chi connectivity index (χ4n) is 1.00. The molecule has 0 spiro atoms. The molecule has 1 aliphatic heterocycles. The van der Waals surface area contributed by atoms with Crippen LogP contribution in [0.25, 0.3) is 0 Å². The van der Waals surface area contributed by atoms with Crippen LogP contribution < -0.4 is 0 Å². The number of hydrogen-bond donors (Lipinski definition) is 0. The van der Waals surface area contributed by atoms with Crippen LogP contribution in [-0.2, 0) is 9.53 Å². The minimum Gasteiger partial charge on any atom is -0.380 e. The van der Waals surface area contributed by atoms with E-state index < -0.39 is 0 Å². The lowest BCUT2D eigenvalue weighted by atomic mass is 9.84. The topological polar surface area (TPSA) is 26.3 Å². The van der Waals surface area contributed by atoms with Gasteiger partial charge < -0.3 is 9.53 Å². The van der Waals surface area contributed by atoms with E-state index >= 15 is 0 Å². The van der Waals surface area contributed by atoms with Crippen LogP contribution in [0.15, 0.2) is 0 Å². The third-order valence-electron chi connectivity index (χ3n) is 1.77. The van der Waals surface area contributed by atoms with Gasteiger partial charge in [-0.1, -0.05) is 6.92 Å². The molecule has 1 saturated heterocycles. The first-order chi connectivity index (χ1) is 4.27. The summed E-state index contributed by atoms with van der Waals surface area (Å²) in [6, 6.07) is 0. The van der Waals surface area contributed by atoms with E-state index in [1.165, 1.54) is 0 Å². The number of rotatable bonds is 3. The predicted octanol–water partition coefficient (Wildman–Crippen LogP) is 1.00. The summed E-state index contributed by atoms with van der Waals surface area (Å²) < 4.78 is 5.02. The smallest absolute Gasteiger partial charge is 0.120 e. The first-order valence-corrected chi connectivity index (χ1v) is 3.28. The van der Waals surface area contributed by atoms with E-state index in [2.05, 4.69) is 6.92 Å². The molecule has 2 heteroatoms. The van der Waals surface area contributed by atoms with Gasteiger partial charge in [-0.3, -0.25) is 0 Å². The van der Waals surface area contributed by atoms with Crippen molar-refractivity contribution in [2.45, 2.75) is 19.8 Å². The summed E-state index contributed by atoms with van der Waals surface area (Å²) in [4.78, 5) is 9.95. The molecule has 0 saturated carbocycles. The fraction of sp³-hybridized carbons (Fsp3) is 0.857. The third-order valence-corrected chi connectivity index (χ3v) is 1.77. The maximum Gasteiger partial charge on any atom is 0.120 e. The highest BCUT2D eigenvalue weighted by molar-refractivity contribution is 5.49. The minimum absolute atomic E-state index is 0.320. The van der Waals surface area contributed by atoms with Gasteiger partial charge in [0.2, 0.25) is 0 Å². The molecule has 52 valence electrons. The second-order valence-electron chi connectivity index (χ2n) is 3.01. The second-order valence-corrected chi connectivity index (χ2v) is 3.01. The van der Waals surface area contributed by atoms with Gasteiger partial charge in [0.15, 0.2) is 0 Å². The standard InChI is InChI=1S/C7H12O2/c1-7(3-2-4-8)5-9-6-7/h4H,2-3,5-6H2,1H3. The van der Waals surface area contributed by atoms with Crippen molar-refractivity contribution in [3.63, 3.8) is 0 Å². The normalized spacial score (nSPS) is 22.8. The highest BCUT2D eigenvalue weighted by atomic mass is 16.5. The number of ether oxygens (including phenoxy) is 1. The molecule has 0 bridgehead atoms. The summed E-state index contributed by atoms with van der Waals surface area (Å²) >= 11 is 0. The quantitative estimate of drug-likeness (QED) is 0.530. The van der Waals surface area contributed by atoms with Crippen molar-refractivity contribution in [1.29, 1.82) is 0 Å². The largest absolute Gasteiger partial charge is 0.380 e. The molecule has 0 amide bonds. The molecule has 0 aliphatic carbocycles. The number of carbonyl (C=O) groups excluding carboxylic acids is 1. The van der Waals surface area contributed by atoms with Crippen molar-refractivity contribution in [2.24, 2.45) is 5.41 Å². The van der Waals surface area contributed by atoms with E-state index in [4.69, 9.17) is 4.74 Å². The molecule has 0 aromatic carbocycles. The molecule has 1 aliphatic rings. The van der Waals surface area contributed by atoms with Gasteiger partial charge in [0.1, 0.15) is 6.29 Å². The Morgan fingerprint density at radius 3 is 2.67 bits per heavy atom. The molecule has 0 aromatic rings. The van der Waals surface area contributed by atoms with E-state index in [1.54, 1.807) is 0 Å². The van der Waals surface area contributed by atoms with Gasteiger partial charge in [0, 0.05) is 11.8 Å². The zero-order valence-corrected chi connectivity index (χ0v) is 5.72. The SMILES string of the molecule is CC1(CCC=O)COC1. The van der Waals surface area contributed by atoms with Crippen LogP contribution in [-0.4, -0.2) is 19.5 Å². The highest BCUT2D eigenvalue weighted by Crippen LogP contribution is 2.30. The Balaban J connectivity index is 2.16. The molecule has 1 rings (SSSR count). The molecule has 9 heavy (non-hydrogen) atoms. The zero-order chi connectivity index (χ0) is 6.74. The van der Waals surface area contributed by atoms with Crippen LogP contribution in [0, 0.1) is 5.41 Å². The van der Waals surface area contributed by atoms with Gasteiger partial charge in [0.25, 0.3) is 0 Å². The number of carbonyl (C=O) groups is 1. The van der Waals surface area contributed by atoms with Crippen LogP contribution in [0.1, 0.15) is 19.8 Å². The second kappa shape index (κ2) is 2.48. The van der Waals surface area contributed by atoms with Crippen molar-refractivity contribution in [2.75, 3.05) is 13.2 Å². The fourth-order valence-corrected chi connectivity index (χ4v) is 1.00. The van der Waals surface area contributed by atoms with Crippen molar-refractivity contribution in [1.82, 2.24) is 0 Å². The summed E-state index contributed by atoms with van der Waals surface area (Å²) in [5, 5.41) is 0. The van der Waals surface area contributed by atoms with E-state index in [1.807, 2.05) is 0 Å². The van der Waals surface area contributed by atoms with Crippen LogP contribution in [0.5, 0.6) is 0 Å². The molecule has 2 nitrogen and oxygen atoms in total. The first-order valence-electron chi connectivity index (χ1n) is 3.28. The summed E-state index contributed by atoms with van der Waals surface area (Å²) in [5.74, 6) is 0. The number of hydrogen-bond acceptors (Lipinski definition) is 2. The molecular weight excluding hydrogens is 116 g/mol. The van der Waals surface area contributed by atoms with Crippen molar-refractivity contribution in [3.05, 3.63) is 0 Å². The van der Waals surface area contributed by atoms with E-state index in [0.29, 0.717) is 11.8 Å². The van der Waals surface area contributed by atoms with E-state index in [0.717, 1.165) is 25.9 Å². The van der Waals surface area contributed by atoms with Crippen LogP contribution in [0.4, 0.5) is 0 Å². The lowest BCUT2D eigenvalue weighted by Gasteiger charge is -2.37. The summed E-state index contributed by atoms with van der Waals surface area (Å²) in [6.07, 6.45) is 2.64. The van der Waals surface area contributed by atoms with Crippen molar-refractivity contribution in [3.8, 4) is 0 Å². The Bertz CT molecular complexity index is 105. The van der Waals surface area contributed by atoms with Crippen molar-refractivity contribution < 1.29 is 9.53 Å². The lowest BCUT2D eigenvalue weighted by Crippen LogP contribution is -2.39. The summed E-state index contributed by atoms with van der Waals surface area (Å²) in [7, 11) is 0. The van der Waals surface area contributed by atoms with Crippen LogP contribution >= 0.6 is 0 Å². The highest BCUT2D eigenvalue weighted by Gasteiger charge is 2.32. The number of aldehydes is 1. The predicted molar refractivity (Wildman–Crippen MR) is 34.2 cm³/mol. The summed E-state index contributed by atoms with van der Waals surface area (Å²) in [5.41, 5.74) is 0.320. The monoisotopic (exact) mass is 128 g/mol. The maximum atomic E-state index is 9.95. The average Bonchev–Trinajstić information content (AvgIpc) is 1.79. The van der Waals surface area contributed by atoms with Gasteiger partial charge in [-0.05, 0) is 6.42 Å². The van der Waals surface area contributed by atoms with Gasteiger partial charge in [0.05, 0.1) is 13.2 Å². The van der Waals surface area contributed by atoms with Gasteiger partial charge >= 0.3 is 0 Å². The van der Waals surface area contributed by atoms with Gasteiger partial charge in [-0.15, -0.1) is 0 Å². The Morgan fingerprint density at radius 2 is 2.33 bits per heavy atom. The molecule has 0 unspecified atom stereocenters. The zero-order valence-electron chi connectivity index (χ0n) is 5.72. The van der Waals surface area contributed by atoms with Crippen molar-refractivity contribution >= 4 is 6.29 Å². The maximum absolute atomic E-state index is 9.95. The Morgan fingerprint density at radius 1 is 1.67 bits per heavy atom. The van der Waals surface area contributed by atoms with Crippen LogP contribution in [0.2, 0.25) is 0 Å². The molecule has 1 fully saturated rings. The Kier molecular flexibility index (Phi) is 1.86.